The summed E-state index contributed by atoms with van der Waals surface area (Å²) in [5.41, 5.74) is 0.355. The second kappa shape index (κ2) is 6.43. The Morgan fingerprint density at radius 1 is 1.17 bits per heavy atom. The molecule has 7 heteroatoms. The number of carboxylic acids is 1. The maximum atomic E-state index is 12.3. The molecule has 1 aromatic rings. The van der Waals surface area contributed by atoms with Gasteiger partial charge in [-0.3, -0.25) is 14.4 Å². The van der Waals surface area contributed by atoms with Crippen molar-refractivity contribution in [1.82, 2.24) is 0 Å². The largest absolute Gasteiger partial charge is 0.481 e. The molecule has 0 radical (unpaired) electrons. The maximum absolute atomic E-state index is 12.3. The molecule has 1 aliphatic carbocycles. The summed E-state index contributed by atoms with van der Waals surface area (Å²) in [5, 5.41) is 14.8. The minimum Gasteiger partial charge on any atom is -0.481 e. The normalized spacial score (nSPS) is 21.2. The first-order valence-corrected chi connectivity index (χ1v) is 8.07. The molecule has 3 N–H and O–H groups in total. The fourth-order valence-electron chi connectivity index (χ4n) is 2.78. The lowest BCUT2D eigenvalue weighted by Crippen LogP contribution is -2.19. The number of anilines is 2. The lowest BCUT2D eigenvalue weighted by atomic mass is 10.1. The number of carbonyl (C=O) groups is 3. The molecular weight excluding hydrogens is 332 g/mol. The van der Waals surface area contributed by atoms with E-state index in [4.69, 9.17) is 16.7 Å². The van der Waals surface area contributed by atoms with Crippen LogP contribution in [0, 0.1) is 23.2 Å². The highest BCUT2D eigenvalue weighted by atomic mass is 35.5. The van der Waals surface area contributed by atoms with Crippen molar-refractivity contribution in [3.05, 3.63) is 23.2 Å². The molecule has 0 bridgehead atoms. The monoisotopic (exact) mass is 352 g/mol. The number of halogens is 1. The second-order valence-corrected chi connectivity index (χ2v) is 7.35. The van der Waals surface area contributed by atoms with Crippen LogP contribution in [0.1, 0.15) is 27.7 Å². The van der Waals surface area contributed by atoms with E-state index in [9.17, 15) is 14.4 Å². The highest BCUT2D eigenvalue weighted by Gasteiger charge is 2.65. The fourth-order valence-corrected chi connectivity index (χ4v) is 3.01. The number of rotatable bonds is 5. The Bertz CT molecular complexity index is 700. The van der Waals surface area contributed by atoms with E-state index in [1.54, 1.807) is 39.8 Å². The smallest absolute Gasteiger partial charge is 0.307 e. The van der Waals surface area contributed by atoms with Crippen LogP contribution in [-0.4, -0.2) is 22.9 Å². The first-order chi connectivity index (χ1) is 11.1. The molecule has 0 aromatic heterocycles. The Morgan fingerprint density at radius 3 is 2.25 bits per heavy atom. The molecule has 130 valence electrons. The summed E-state index contributed by atoms with van der Waals surface area (Å²) >= 11 is 6.13. The van der Waals surface area contributed by atoms with Crippen molar-refractivity contribution >= 4 is 40.8 Å². The van der Waals surface area contributed by atoms with E-state index in [2.05, 4.69) is 10.6 Å². The van der Waals surface area contributed by atoms with Crippen LogP contribution < -0.4 is 10.6 Å². The van der Waals surface area contributed by atoms with Crippen molar-refractivity contribution in [2.24, 2.45) is 23.2 Å². The molecule has 1 aromatic carbocycles. The number of amides is 2. The summed E-state index contributed by atoms with van der Waals surface area (Å²) < 4.78 is 0. The average Bonchev–Trinajstić information content (AvgIpc) is 3.04. The summed E-state index contributed by atoms with van der Waals surface area (Å²) in [6.07, 6.45) is 0. The molecule has 0 spiro atoms. The summed E-state index contributed by atoms with van der Waals surface area (Å²) in [7, 11) is 0. The summed E-state index contributed by atoms with van der Waals surface area (Å²) in [6.45, 7) is 7.06. The van der Waals surface area contributed by atoms with Crippen molar-refractivity contribution in [2.75, 3.05) is 10.6 Å². The van der Waals surface area contributed by atoms with Gasteiger partial charge in [0, 0.05) is 11.6 Å². The minimum absolute atomic E-state index is 0.155. The van der Waals surface area contributed by atoms with Crippen molar-refractivity contribution in [2.45, 2.75) is 27.7 Å². The molecule has 1 aliphatic rings. The van der Waals surface area contributed by atoms with Gasteiger partial charge in [-0.1, -0.05) is 39.3 Å². The fraction of sp³-hybridized carbons (Fsp3) is 0.471. The molecule has 0 saturated heterocycles. The number of aliphatic carboxylic acids is 1. The Balaban J connectivity index is 2.07. The first-order valence-electron chi connectivity index (χ1n) is 7.69. The van der Waals surface area contributed by atoms with Crippen molar-refractivity contribution in [1.29, 1.82) is 0 Å². The number of hydrogen-bond acceptors (Lipinski definition) is 3. The number of benzene rings is 1. The van der Waals surface area contributed by atoms with Crippen LogP contribution in [0.3, 0.4) is 0 Å². The van der Waals surface area contributed by atoms with Gasteiger partial charge in [0.05, 0.1) is 22.5 Å². The molecule has 2 rings (SSSR count). The number of carbonyl (C=O) groups excluding carboxylic acids is 2. The number of hydrogen-bond donors (Lipinski definition) is 3. The van der Waals surface area contributed by atoms with Gasteiger partial charge in [-0.15, -0.1) is 0 Å². The van der Waals surface area contributed by atoms with E-state index in [1.165, 1.54) is 6.07 Å². The van der Waals surface area contributed by atoms with E-state index in [0.29, 0.717) is 16.4 Å². The molecule has 2 atom stereocenters. The molecular formula is C17H21ClN2O4. The number of nitrogens with one attached hydrogen (secondary N) is 2. The van der Waals surface area contributed by atoms with Gasteiger partial charge in [-0.25, -0.2) is 0 Å². The van der Waals surface area contributed by atoms with E-state index < -0.39 is 23.2 Å². The Labute approximate surface area is 145 Å². The third-order valence-electron chi connectivity index (χ3n) is 4.39. The molecule has 2 amide bonds. The first kappa shape index (κ1) is 18.3. The molecule has 1 saturated carbocycles. The van der Waals surface area contributed by atoms with Gasteiger partial charge >= 0.3 is 5.97 Å². The van der Waals surface area contributed by atoms with E-state index in [-0.39, 0.29) is 17.7 Å². The zero-order valence-electron chi connectivity index (χ0n) is 14.0. The van der Waals surface area contributed by atoms with Crippen LogP contribution in [-0.2, 0) is 14.4 Å². The van der Waals surface area contributed by atoms with Crippen LogP contribution in [0.4, 0.5) is 11.4 Å². The number of carboxylic acid groups (broad SMARTS) is 1. The van der Waals surface area contributed by atoms with Crippen molar-refractivity contribution < 1.29 is 19.5 Å². The Morgan fingerprint density at radius 2 is 1.79 bits per heavy atom. The molecule has 1 fully saturated rings. The van der Waals surface area contributed by atoms with Gasteiger partial charge in [-0.05, 0) is 23.6 Å². The van der Waals surface area contributed by atoms with Gasteiger partial charge in [0.25, 0.3) is 0 Å². The van der Waals surface area contributed by atoms with E-state index in [0.717, 1.165) is 0 Å². The molecule has 6 nitrogen and oxygen atoms in total. The van der Waals surface area contributed by atoms with Crippen molar-refractivity contribution in [3.8, 4) is 0 Å². The molecule has 0 aliphatic heterocycles. The van der Waals surface area contributed by atoms with Crippen LogP contribution in [0.15, 0.2) is 18.2 Å². The van der Waals surface area contributed by atoms with E-state index in [1.807, 2.05) is 0 Å². The third kappa shape index (κ3) is 3.53. The van der Waals surface area contributed by atoms with Crippen LogP contribution in [0.2, 0.25) is 5.02 Å². The highest BCUT2D eigenvalue weighted by molar-refractivity contribution is 6.34. The van der Waals surface area contributed by atoms with Gasteiger partial charge in [0.15, 0.2) is 0 Å². The zero-order valence-corrected chi connectivity index (χ0v) is 14.8. The van der Waals surface area contributed by atoms with Crippen LogP contribution in [0.25, 0.3) is 0 Å². The second-order valence-electron chi connectivity index (χ2n) is 6.94. The summed E-state index contributed by atoms with van der Waals surface area (Å²) in [6, 6.07) is 4.75. The van der Waals surface area contributed by atoms with Gasteiger partial charge in [0.1, 0.15) is 0 Å². The van der Waals surface area contributed by atoms with Gasteiger partial charge in [-0.2, -0.15) is 0 Å². The average molecular weight is 353 g/mol. The summed E-state index contributed by atoms with van der Waals surface area (Å²) in [4.78, 5) is 35.1. The minimum atomic E-state index is -0.968. The Hall–Kier alpha value is -2.08. The zero-order chi connectivity index (χ0) is 18.2. The van der Waals surface area contributed by atoms with E-state index >= 15 is 0 Å². The van der Waals surface area contributed by atoms with Gasteiger partial charge in [0.2, 0.25) is 11.8 Å². The molecule has 2 unspecified atom stereocenters. The van der Waals surface area contributed by atoms with Crippen LogP contribution >= 0.6 is 11.6 Å². The Kier molecular flexibility index (Phi) is 4.90. The van der Waals surface area contributed by atoms with Gasteiger partial charge < -0.3 is 15.7 Å². The lowest BCUT2D eigenvalue weighted by molar-refractivity contribution is -0.140. The molecule has 0 heterocycles. The lowest BCUT2D eigenvalue weighted by Gasteiger charge is -2.11. The maximum Gasteiger partial charge on any atom is 0.307 e. The standard InChI is InChI=1S/C17H21ClN2O4/c1-8(2)14(21)20-11-6-5-9(7-10(11)18)19-15(22)12-13(16(23)24)17(12,3)4/h5-8,12-13H,1-4H3,(H,19,22)(H,20,21)(H,23,24). The van der Waals surface area contributed by atoms with Crippen molar-refractivity contribution in [3.63, 3.8) is 0 Å². The highest BCUT2D eigenvalue weighted by Crippen LogP contribution is 2.58. The quantitative estimate of drug-likeness (QED) is 0.758. The third-order valence-corrected chi connectivity index (χ3v) is 4.71. The SMILES string of the molecule is CC(C)C(=O)Nc1ccc(NC(=O)C2C(C(=O)O)C2(C)C)cc1Cl. The molecule has 24 heavy (non-hydrogen) atoms. The summed E-state index contributed by atoms with van der Waals surface area (Å²) in [5.74, 6) is -2.90. The predicted molar refractivity (Wildman–Crippen MR) is 91.9 cm³/mol. The van der Waals surface area contributed by atoms with Crippen LogP contribution in [0.5, 0.6) is 0 Å². The topological polar surface area (TPSA) is 95.5 Å². The predicted octanol–water partition coefficient (Wildman–Crippen LogP) is 3.23.